The summed E-state index contributed by atoms with van der Waals surface area (Å²) in [6, 6.07) is 14.6. The molecule has 0 radical (unpaired) electrons. The summed E-state index contributed by atoms with van der Waals surface area (Å²) in [5.74, 6) is 2.76. The third kappa shape index (κ3) is 4.39. The van der Waals surface area contributed by atoms with Gasteiger partial charge in [-0.25, -0.2) is 14.6 Å². The Hall–Kier alpha value is -3.71. The minimum absolute atomic E-state index is 0.229. The molecule has 3 heterocycles. The first-order valence-electron chi connectivity index (χ1n) is 11.5. The van der Waals surface area contributed by atoms with Crippen LogP contribution in [0.1, 0.15) is 52.8 Å². The van der Waals surface area contributed by atoms with Gasteiger partial charge in [-0.15, -0.1) is 0 Å². The molecule has 0 bridgehead atoms. The summed E-state index contributed by atoms with van der Waals surface area (Å²) in [7, 11) is 3.42. The van der Waals surface area contributed by atoms with Crippen LogP contribution in [0.4, 0.5) is 0 Å². The van der Waals surface area contributed by atoms with Gasteiger partial charge in [0.25, 0.3) is 0 Å². The highest BCUT2D eigenvalue weighted by molar-refractivity contribution is 5.69. The predicted octanol–water partition coefficient (Wildman–Crippen LogP) is 5.02. The molecule has 2 aromatic heterocycles. The number of rotatable bonds is 7. The van der Waals surface area contributed by atoms with Crippen LogP contribution in [0, 0.1) is 6.92 Å². The molecule has 1 aliphatic heterocycles. The zero-order chi connectivity index (χ0) is 23.5. The van der Waals surface area contributed by atoms with E-state index in [1.54, 1.807) is 20.5 Å². The van der Waals surface area contributed by atoms with Crippen LogP contribution >= 0.6 is 0 Å². The molecule has 1 aliphatic rings. The smallest absolute Gasteiger partial charge is 0.174 e. The van der Waals surface area contributed by atoms with Crippen molar-refractivity contribution in [2.75, 3.05) is 14.2 Å². The number of imidazole rings is 1. The Morgan fingerprint density at radius 1 is 1.12 bits per heavy atom. The number of nitrogens with zero attached hydrogens (tertiary/aromatic N) is 5. The zero-order valence-corrected chi connectivity index (χ0v) is 19.8. The van der Waals surface area contributed by atoms with Crippen LogP contribution in [0.2, 0.25) is 0 Å². The molecule has 5 rings (SSSR count). The second kappa shape index (κ2) is 9.65. The molecular weight excluding hydrogens is 426 g/mol. The maximum absolute atomic E-state index is 5.63. The molecule has 0 amide bonds. The maximum Gasteiger partial charge on any atom is 0.174 e. The fraction of sp³-hybridized carbons (Fsp3) is 0.296. The predicted molar refractivity (Wildman–Crippen MR) is 132 cm³/mol. The SMILES string of the molecule is COCc1ccccc1C1CCCn2nc(/C=C/c3ccc(-n4cnc(C)c4)c(OC)c3)nc21. The quantitative estimate of drug-likeness (QED) is 0.391. The van der Waals surface area contributed by atoms with Crippen LogP contribution < -0.4 is 4.74 Å². The van der Waals surface area contributed by atoms with Gasteiger partial charge in [-0.3, -0.25) is 0 Å². The van der Waals surface area contributed by atoms with Crippen molar-refractivity contribution >= 4 is 12.2 Å². The summed E-state index contributed by atoms with van der Waals surface area (Å²) >= 11 is 0. The largest absolute Gasteiger partial charge is 0.495 e. The summed E-state index contributed by atoms with van der Waals surface area (Å²) in [5.41, 5.74) is 5.43. The van der Waals surface area contributed by atoms with Crippen LogP contribution in [-0.4, -0.2) is 38.5 Å². The lowest BCUT2D eigenvalue weighted by molar-refractivity contribution is 0.183. The van der Waals surface area contributed by atoms with Crippen molar-refractivity contribution in [2.45, 2.75) is 38.8 Å². The highest BCUT2D eigenvalue weighted by Gasteiger charge is 2.27. The molecule has 0 fully saturated rings. The standard InChI is InChI=1S/C27H29N5O2/c1-19-16-31(18-28-19)24-12-10-20(15-25(24)34-3)11-13-26-29-27-23(9-6-14-32(27)30-26)22-8-5-4-7-21(22)17-33-2/h4-5,7-8,10-13,15-16,18,23H,6,9,14,17H2,1-3H3/b13-11+. The molecule has 2 aromatic carbocycles. The van der Waals surface area contributed by atoms with Gasteiger partial charge in [-0.1, -0.05) is 36.4 Å². The Bertz CT molecular complexity index is 1320. The third-order valence-corrected chi connectivity index (χ3v) is 6.24. The van der Waals surface area contributed by atoms with Crippen molar-refractivity contribution in [2.24, 2.45) is 0 Å². The van der Waals surface area contributed by atoms with Crippen molar-refractivity contribution in [3.8, 4) is 11.4 Å². The molecule has 0 saturated carbocycles. The van der Waals surface area contributed by atoms with Crippen molar-refractivity contribution < 1.29 is 9.47 Å². The monoisotopic (exact) mass is 455 g/mol. The molecule has 7 nitrogen and oxygen atoms in total. The Morgan fingerprint density at radius 3 is 2.79 bits per heavy atom. The molecule has 1 atom stereocenters. The number of ether oxygens (including phenoxy) is 2. The van der Waals surface area contributed by atoms with Gasteiger partial charge in [0, 0.05) is 25.8 Å². The zero-order valence-electron chi connectivity index (χ0n) is 19.8. The summed E-state index contributed by atoms with van der Waals surface area (Å²) < 4.78 is 15.1. The second-order valence-corrected chi connectivity index (χ2v) is 8.56. The minimum Gasteiger partial charge on any atom is -0.495 e. The lowest BCUT2D eigenvalue weighted by Crippen LogP contribution is -2.19. The van der Waals surface area contributed by atoms with E-state index in [0.717, 1.165) is 53.7 Å². The molecular formula is C27H29N5O2. The molecule has 0 spiro atoms. The van der Waals surface area contributed by atoms with E-state index in [2.05, 4.69) is 40.0 Å². The van der Waals surface area contributed by atoms with E-state index in [-0.39, 0.29) is 5.92 Å². The van der Waals surface area contributed by atoms with Crippen molar-refractivity contribution in [1.29, 1.82) is 0 Å². The van der Waals surface area contributed by atoms with Gasteiger partial charge < -0.3 is 14.0 Å². The summed E-state index contributed by atoms with van der Waals surface area (Å²) in [6.45, 7) is 3.47. The first-order chi connectivity index (χ1) is 16.7. The number of fused-ring (bicyclic) bond motifs is 1. The number of benzene rings is 2. The van der Waals surface area contributed by atoms with Crippen molar-refractivity contribution in [3.63, 3.8) is 0 Å². The highest BCUT2D eigenvalue weighted by atomic mass is 16.5. The van der Waals surface area contributed by atoms with E-state index >= 15 is 0 Å². The van der Waals surface area contributed by atoms with Gasteiger partial charge in [0.1, 0.15) is 11.6 Å². The fourth-order valence-electron chi connectivity index (χ4n) is 4.63. The fourth-order valence-corrected chi connectivity index (χ4v) is 4.63. The number of hydrogen-bond donors (Lipinski definition) is 0. The summed E-state index contributed by atoms with van der Waals surface area (Å²) in [4.78, 5) is 9.23. The second-order valence-electron chi connectivity index (χ2n) is 8.56. The van der Waals surface area contributed by atoms with E-state index in [4.69, 9.17) is 19.6 Å². The number of hydrogen-bond acceptors (Lipinski definition) is 5. The first-order valence-corrected chi connectivity index (χ1v) is 11.5. The van der Waals surface area contributed by atoms with Gasteiger partial charge in [-0.05, 0) is 54.7 Å². The molecule has 0 saturated heterocycles. The molecule has 34 heavy (non-hydrogen) atoms. The summed E-state index contributed by atoms with van der Waals surface area (Å²) in [6.07, 6.45) is 9.92. The lowest BCUT2D eigenvalue weighted by atomic mass is 9.88. The van der Waals surface area contributed by atoms with E-state index < -0.39 is 0 Å². The molecule has 0 N–H and O–H groups in total. The molecule has 174 valence electrons. The average Bonchev–Trinajstić information content (AvgIpc) is 3.49. The maximum atomic E-state index is 5.63. The highest BCUT2D eigenvalue weighted by Crippen LogP contribution is 2.34. The van der Waals surface area contributed by atoms with E-state index in [0.29, 0.717) is 6.61 Å². The first kappa shape index (κ1) is 22.1. The Balaban J connectivity index is 1.41. The number of aromatic nitrogens is 5. The number of methoxy groups -OCH3 is 2. The van der Waals surface area contributed by atoms with E-state index in [1.807, 2.05) is 42.0 Å². The Labute approximate surface area is 199 Å². The Morgan fingerprint density at radius 2 is 2.00 bits per heavy atom. The normalized spacial score (nSPS) is 15.6. The summed E-state index contributed by atoms with van der Waals surface area (Å²) in [5, 5.41) is 4.77. The van der Waals surface area contributed by atoms with Gasteiger partial charge >= 0.3 is 0 Å². The van der Waals surface area contributed by atoms with E-state index in [1.165, 1.54) is 11.1 Å². The minimum atomic E-state index is 0.229. The van der Waals surface area contributed by atoms with E-state index in [9.17, 15) is 0 Å². The van der Waals surface area contributed by atoms with Gasteiger partial charge in [0.15, 0.2) is 5.82 Å². The lowest BCUT2D eigenvalue weighted by Gasteiger charge is -2.24. The van der Waals surface area contributed by atoms with Crippen molar-refractivity contribution in [3.05, 3.63) is 89.0 Å². The van der Waals surface area contributed by atoms with Crippen molar-refractivity contribution in [1.82, 2.24) is 24.3 Å². The average molecular weight is 456 g/mol. The Kier molecular flexibility index (Phi) is 6.27. The number of aryl methyl sites for hydroxylation is 2. The third-order valence-electron chi connectivity index (χ3n) is 6.24. The molecule has 0 aliphatic carbocycles. The topological polar surface area (TPSA) is 67.0 Å². The molecule has 7 heteroatoms. The van der Waals surface area contributed by atoms with Gasteiger partial charge in [0.2, 0.25) is 0 Å². The molecule has 1 unspecified atom stereocenters. The molecule has 4 aromatic rings. The van der Waals surface area contributed by atoms with Crippen LogP contribution in [0.15, 0.2) is 55.0 Å². The van der Waals surface area contributed by atoms with Crippen LogP contribution in [0.5, 0.6) is 5.75 Å². The van der Waals surface area contributed by atoms with Crippen LogP contribution in [0.3, 0.4) is 0 Å². The van der Waals surface area contributed by atoms with Crippen LogP contribution in [0.25, 0.3) is 17.8 Å². The van der Waals surface area contributed by atoms with Crippen LogP contribution in [-0.2, 0) is 17.9 Å². The van der Waals surface area contributed by atoms with Gasteiger partial charge in [-0.2, -0.15) is 5.10 Å². The van der Waals surface area contributed by atoms with Gasteiger partial charge in [0.05, 0.1) is 31.4 Å².